The Hall–Kier alpha value is -3.06. The zero-order chi connectivity index (χ0) is 25.8. The Morgan fingerprint density at radius 2 is 1.70 bits per heavy atom. The molecule has 2 atom stereocenters. The van der Waals surface area contributed by atoms with E-state index in [2.05, 4.69) is 10.3 Å². The van der Waals surface area contributed by atoms with Crippen LogP contribution in [0.1, 0.15) is 81.1 Å². The lowest BCUT2D eigenvalue weighted by Crippen LogP contribution is -2.42. The fourth-order valence-electron chi connectivity index (χ4n) is 6.19. The zero-order valence-corrected chi connectivity index (χ0v) is 21.3. The summed E-state index contributed by atoms with van der Waals surface area (Å²) in [5.74, 6) is -1.64. The van der Waals surface area contributed by atoms with E-state index in [1.807, 2.05) is 30.3 Å². The normalized spacial score (nSPS) is 18.6. The van der Waals surface area contributed by atoms with Gasteiger partial charge >= 0.3 is 0 Å². The molecule has 2 saturated carbocycles. The monoisotopic (exact) mass is 507 g/mol. The third-order valence-electron chi connectivity index (χ3n) is 8.01. The maximum atomic E-state index is 15.7. The molecule has 5 rings (SSSR count). The number of imidazole rings is 1. The summed E-state index contributed by atoms with van der Waals surface area (Å²) in [7, 11) is 1.55. The van der Waals surface area contributed by atoms with Crippen LogP contribution in [0.2, 0.25) is 0 Å². The van der Waals surface area contributed by atoms with E-state index < -0.39 is 23.8 Å². The van der Waals surface area contributed by atoms with Gasteiger partial charge in [-0.25, -0.2) is 13.8 Å². The molecule has 1 N–H and O–H groups in total. The first-order valence-electron chi connectivity index (χ1n) is 13.5. The number of carbonyl (C=O) groups is 1. The van der Waals surface area contributed by atoms with Gasteiger partial charge in [0.05, 0.1) is 5.56 Å². The molecular formula is C30H35F2N3O2. The number of halogens is 2. The fraction of sp³-hybridized carbons (Fsp3) is 0.467. The molecule has 2 aliphatic rings. The van der Waals surface area contributed by atoms with Crippen molar-refractivity contribution in [2.24, 2.45) is 5.92 Å². The predicted octanol–water partition coefficient (Wildman–Crippen LogP) is 6.74. The summed E-state index contributed by atoms with van der Waals surface area (Å²) in [4.78, 5) is 18.3. The number of methoxy groups -OCH3 is 1. The van der Waals surface area contributed by atoms with Crippen LogP contribution in [0.4, 0.5) is 8.78 Å². The van der Waals surface area contributed by atoms with Crippen molar-refractivity contribution in [1.82, 2.24) is 14.9 Å². The number of carbonyl (C=O) groups excluding carboxylic acids is 1. The molecule has 1 unspecified atom stereocenters. The second-order valence-electron chi connectivity index (χ2n) is 10.3. The van der Waals surface area contributed by atoms with Crippen molar-refractivity contribution in [3.63, 3.8) is 0 Å². The van der Waals surface area contributed by atoms with E-state index in [1.165, 1.54) is 0 Å². The highest BCUT2D eigenvalue weighted by Gasteiger charge is 2.35. The molecule has 196 valence electrons. The van der Waals surface area contributed by atoms with Gasteiger partial charge in [0.25, 0.3) is 0 Å². The van der Waals surface area contributed by atoms with E-state index >= 15 is 4.39 Å². The van der Waals surface area contributed by atoms with Crippen molar-refractivity contribution in [1.29, 1.82) is 0 Å². The molecule has 0 radical (unpaired) electrons. The first kappa shape index (κ1) is 25.6. The van der Waals surface area contributed by atoms with Crippen LogP contribution in [-0.4, -0.2) is 28.6 Å². The van der Waals surface area contributed by atoms with Gasteiger partial charge in [0.2, 0.25) is 5.91 Å². The Bertz CT molecular complexity index is 1200. The number of nitrogens with one attached hydrogen (secondary N) is 1. The molecule has 2 aromatic carbocycles. The minimum atomic E-state index is -0.985. The van der Waals surface area contributed by atoms with E-state index in [-0.39, 0.29) is 29.3 Å². The average molecular weight is 508 g/mol. The Morgan fingerprint density at radius 3 is 2.41 bits per heavy atom. The standard InChI is InChI=1S/C30H35F2N3O2/c1-37-28(21-12-6-3-7-13-21)23-16-17-24(31)26(32)25(23)29-33-18-19-35(29)27(20-10-4-2-5-11-20)30(36)34-22-14-8-9-15-22/h3,6-7,12-13,16-20,22,27-28H,2,4-5,8-11,14-15H2,1H3,(H,34,36)/t27-,28?/m1/s1. The fourth-order valence-corrected chi connectivity index (χ4v) is 6.19. The van der Waals surface area contributed by atoms with Gasteiger partial charge in [-0.05, 0) is 48.8 Å². The lowest BCUT2D eigenvalue weighted by Gasteiger charge is -2.32. The number of benzene rings is 2. The van der Waals surface area contributed by atoms with E-state index in [1.54, 1.807) is 30.1 Å². The highest BCUT2D eigenvalue weighted by molar-refractivity contribution is 5.82. The summed E-state index contributed by atoms with van der Waals surface area (Å²) in [6.07, 6.45) is 12.0. The van der Waals surface area contributed by atoms with Crippen LogP contribution < -0.4 is 5.32 Å². The quantitative estimate of drug-likeness (QED) is 0.367. The van der Waals surface area contributed by atoms with Gasteiger partial charge < -0.3 is 14.6 Å². The molecule has 0 aliphatic heterocycles. The van der Waals surface area contributed by atoms with Crippen LogP contribution >= 0.6 is 0 Å². The molecule has 7 heteroatoms. The van der Waals surface area contributed by atoms with Gasteiger partial charge in [0, 0.05) is 25.5 Å². The lowest BCUT2D eigenvalue weighted by atomic mass is 9.83. The molecular weight excluding hydrogens is 472 g/mol. The van der Waals surface area contributed by atoms with E-state index in [9.17, 15) is 9.18 Å². The van der Waals surface area contributed by atoms with Crippen molar-refractivity contribution >= 4 is 5.91 Å². The SMILES string of the molecule is COC(c1ccccc1)c1ccc(F)c(F)c1-c1nccn1[C@@H](C(=O)NC1CCCC1)C1CCCCC1. The molecule has 2 aliphatic carbocycles. The smallest absolute Gasteiger partial charge is 0.243 e. The average Bonchev–Trinajstić information content (AvgIpc) is 3.61. The predicted molar refractivity (Wildman–Crippen MR) is 139 cm³/mol. The van der Waals surface area contributed by atoms with Crippen molar-refractivity contribution in [3.05, 3.63) is 77.6 Å². The highest BCUT2D eigenvalue weighted by atomic mass is 19.2. The topological polar surface area (TPSA) is 56.2 Å². The molecule has 0 bridgehead atoms. The second kappa shape index (κ2) is 11.5. The molecule has 1 amide bonds. The number of aromatic nitrogens is 2. The van der Waals surface area contributed by atoms with Gasteiger partial charge in [-0.2, -0.15) is 0 Å². The number of ether oxygens (including phenoxy) is 1. The Morgan fingerprint density at radius 1 is 1.00 bits per heavy atom. The Balaban J connectivity index is 1.60. The first-order valence-corrected chi connectivity index (χ1v) is 13.5. The highest BCUT2D eigenvalue weighted by Crippen LogP contribution is 2.40. The van der Waals surface area contributed by atoms with Crippen LogP contribution in [0.3, 0.4) is 0 Å². The minimum Gasteiger partial charge on any atom is -0.372 e. The number of hydrogen-bond acceptors (Lipinski definition) is 3. The number of amides is 1. The molecule has 1 heterocycles. The molecule has 0 spiro atoms. The first-order chi connectivity index (χ1) is 18.1. The maximum Gasteiger partial charge on any atom is 0.243 e. The van der Waals surface area contributed by atoms with Gasteiger partial charge in [-0.15, -0.1) is 0 Å². The van der Waals surface area contributed by atoms with E-state index in [0.29, 0.717) is 5.56 Å². The number of nitrogens with zero attached hydrogens (tertiary/aromatic N) is 2. The zero-order valence-electron chi connectivity index (χ0n) is 21.3. The van der Waals surface area contributed by atoms with Crippen molar-refractivity contribution in [2.45, 2.75) is 76.0 Å². The summed E-state index contributed by atoms with van der Waals surface area (Å²) in [5, 5.41) is 3.26. The summed E-state index contributed by atoms with van der Waals surface area (Å²) in [6, 6.07) is 11.8. The van der Waals surface area contributed by atoms with Crippen molar-refractivity contribution in [3.8, 4) is 11.4 Å². The Labute approximate surface area is 217 Å². The van der Waals surface area contributed by atoms with Crippen molar-refractivity contribution in [2.75, 3.05) is 7.11 Å². The largest absolute Gasteiger partial charge is 0.372 e. The molecule has 5 nitrogen and oxygen atoms in total. The van der Waals surface area contributed by atoms with E-state index in [0.717, 1.165) is 69.4 Å². The van der Waals surface area contributed by atoms with Gasteiger partial charge in [0.1, 0.15) is 18.0 Å². The van der Waals surface area contributed by atoms with Crippen LogP contribution in [0, 0.1) is 17.6 Å². The number of rotatable bonds is 8. The molecule has 1 aromatic heterocycles. The van der Waals surface area contributed by atoms with E-state index in [4.69, 9.17) is 4.74 Å². The molecule has 37 heavy (non-hydrogen) atoms. The van der Waals surface area contributed by atoms with Crippen LogP contribution in [-0.2, 0) is 9.53 Å². The summed E-state index contributed by atoms with van der Waals surface area (Å²) < 4.78 is 38.0. The summed E-state index contributed by atoms with van der Waals surface area (Å²) in [6.45, 7) is 0. The lowest BCUT2D eigenvalue weighted by molar-refractivity contribution is -0.127. The third kappa shape index (κ3) is 5.33. The molecule has 0 saturated heterocycles. The molecule has 2 fully saturated rings. The third-order valence-corrected chi connectivity index (χ3v) is 8.01. The molecule has 3 aromatic rings. The van der Waals surface area contributed by atoms with Crippen LogP contribution in [0.5, 0.6) is 0 Å². The van der Waals surface area contributed by atoms with Crippen molar-refractivity contribution < 1.29 is 18.3 Å². The van der Waals surface area contributed by atoms with Crippen LogP contribution in [0.25, 0.3) is 11.4 Å². The number of hydrogen-bond donors (Lipinski definition) is 1. The van der Waals surface area contributed by atoms with Gasteiger partial charge in [0.15, 0.2) is 11.6 Å². The summed E-state index contributed by atoms with van der Waals surface area (Å²) in [5.41, 5.74) is 1.33. The van der Waals surface area contributed by atoms with Crippen LogP contribution in [0.15, 0.2) is 54.9 Å². The van der Waals surface area contributed by atoms with Gasteiger partial charge in [-0.3, -0.25) is 4.79 Å². The van der Waals surface area contributed by atoms with Gasteiger partial charge in [-0.1, -0.05) is 68.5 Å². The maximum absolute atomic E-state index is 15.7. The summed E-state index contributed by atoms with van der Waals surface area (Å²) >= 11 is 0. The Kier molecular flexibility index (Phi) is 7.99. The second-order valence-corrected chi connectivity index (χ2v) is 10.3. The minimum absolute atomic E-state index is 0.0372.